The number of hydrogen-bond acceptors (Lipinski definition) is 3. The zero-order chi connectivity index (χ0) is 18.8. The summed E-state index contributed by atoms with van der Waals surface area (Å²) in [6.45, 7) is 0.301. The molecule has 138 valence electrons. The maximum absolute atomic E-state index is 12.6. The van der Waals surface area contributed by atoms with Crippen molar-refractivity contribution in [3.8, 4) is 0 Å². The van der Waals surface area contributed by atoms with Gasteiger partial charge < -0.3 is 5.32 Å². The number of benzene rings is 2. The van der Waals surface area contributed by atoms with Gasteiger partial charge in [0.25, 0.3) is 5.56 Å². The number of nitrogens with one attached hydrogen (secondary N) is 1. The first-order valence-electron chi connectivity index (χ1n) is 9.17. The minimum atomic E-state index is -0.133. The molecule has 1 heterocycles. The van der Waals surface area contributed by atoms with Crippen LogP contribution in [0.3, 0.4) is 0 Å². The molecule has 0 atom stereocenters. The molecule has 3 aromatic rings. The molecule has 27 heavy (non-hydrogen) atoms. The summed E-state index contributed by atoms with van der Waals surface area (Å²) in [7, 11) is 0. The van der Waals surface area contributed by atoms with E-state index in [1.807, 2.05) is 18.2 Å². The molecule has 1 aliphatic rings. The molecule has 0 fully saturated rings. The largest absolute Gasteiger partial charge is 0.326 e. The van der Waals surface area contributed by atoms with Gasteiger partial charge in [0.05, 0.1) is 17.2 Å². The van der Waals surface area contributed by atoms with Gasteiger partial charge in [-0.15, -0.1) is 0 Å². The Bertz CT molecular complexity index is 1070. The minimum Gasteiger partial charge on any atom is -0.326 e. The summed E-state index contributed by atoms with van der Waals surface area (Å²) in [5.74, 6) is -0.0878. The van der Waals surface area contributed by atoms with Gasteiger partial charge in [0.1, 0.15) is 0 Å². The second-order valence-corrected chi connectivity index (χ2v) is 7.77. The number of hydrogen-bond donors (Lipinski definition) is 1. The molecule has 2 aromatic carbocycles. The molecular formula is C21H20BrN3O2. The molecule has 0 saturated heterocycles. The van der Waals surface area contributed by atoms with E-state index in [-0.39, 0.29) is 17.9 Å². The van der Waals surface area contributed by atoms with Crippen molar-refractivity contribution in [2.45, 2.75) is 38.6 Å². The number of halogens is 1. The van der Waals surface area contributed by atoms with Crippen LogP contribution in [0.5, 0.6) is 0 Å². The van der Waals surface area contributed by atoms with Crippen LogP contribution in [0.4, 0.5) is 5.69 Å². The zero-order valence-electron chi connectivity index (χ0n) is 14.9. The fourth-order valence-electron chi connectivity index (χ4n) is 3.62. The summed E-state index contributed by atoms with van der Waals surface area (Å²) in [4.78, 5) is 29.4. The van der Waals surface area contributed by atoms with Crippen LogP contribution in [0.15, 0.2) is 52.0 Å². The summed E-state index contributed by atoms with van der Waals surface area (Å²) in [5.41, 5.74) is 4.02. The Morgan fingerprint density at radius 3 is 2.93 bits per heavy atom. The van der Waals surface area contributed by atoms with E-state index >= 15 is 0 Å². The van der Waals surface area contributed by atoms with Crippen LogP contribution in [0.25, 0.3) is 10.9 Å². The fraction of sp³-hybridized carbons (Fsp3) is 0.286. The SMILES string of the molecule is O=C(CCn1cnc2ccc(Br)cc2c1=O)Nc1cccc2c1CCCC2. The predicted octanol–water partition coefficient (Wildman–Crippen LogP) is 4.07. The summed E-state index contributed by atoms with van der Waals surface area (Å²) >= 11 is 3.38. The molecule has 0 saturated carbocycles. The van der Waals surface area contributed by atoms with Gasteiger partial charge >= 0.3 is 0 Å². The Kier molecular flexibility index (Phi) is 5.07. The predicted molar refractivity (Wildman–Crippen MR) is 110 cm³/mol. The molecular weight excluding hydrogens is 406 g/mol. The third-order valence-corrected chi connectivity index (χ3v) is 5.53. The molecule has 4 rings (SSSR count). The number of anilines is 1. The van der Waals surface area contributed by atoms with Gasteiger partial charge in [0.15, 0.2) is 0 Å². The van der Waals surface area contributed by atoms with Gasteiger partial charge in [-0.2, -0.15) is 0 Å². The van der Waals surface area contributed by atoms with Crippen molar-refractivity contribution in [3.05, 3.63) is 68.7 Å². The Balaban J connectivity index is 1.48. The quantitative estimate of drug-likeness (QED) is 0.684. The highest BCUT2D eigenvalue weighted by Crippen LogP contribution is 2.27. The van der Waals surface area contributed by atoms with Crippen molar-refractivity contribution in [2.24, 2.45) is 0 Å². The maximum Gasteiger partial charge on any atom is 0.261 e. The average molecular weight is 426 g/mol. The van der Waals surface area contributed by atoms with E-state index in [0.29, 0.717) is 17.4 Å². The lowest BCUT2D eigenvalue weighted by Gasteiger charge is -2.19. The second kappa shape index (κ2) is 7.64. The Morgan fingerprint density at radius 2 is 2.04 bits per heavy atom. The highest BCUT2D eigenvalue weighted by molar-refractivity contribution is 9.10. The summed E-state index contributed by atoms with van der Waals surface area (Å²) < 4.78 is 2.33. The van der Waals surface area contributed by atoms with Crippen LogP contribution in [-0.2, 0) is 24.2 Å². The van der Waals surface area contributed by atoms with Gasteiger partial charge in [0.2, 0.25) is 5.91 Å². The van der Waals surface area contributed by atoms with Crippen molar-refractivity contribution >= 4 is 38.4 Å². The Labute approximate surface area is 165 Å². The van der Waals surface area contributed by atoms with Crippen LogP contribution in [0, 0.1) is 0 Å². The molecule has 1 amide bonds. The van der Waals surface area contributed by atoms with E-state index in [4.69, 9.17) is 0 Å². The summed E-state index contributed by atoms with van der Waals surface area (Å²) in [5, 5.41) is 3.57. The third kappa shape index (κ3) is 3.81. The summed E-state index contributed by atoms with van der Waals surface area (Å²) in [6.07, 6.45) is 6.19. The monoisotopic (exact) mass is 425 g/mol. The van der Waals surface area contributed by atoms with Crippen molar-refractivity contribution in [1.29, 1.82) is 0 Å². The maximum atomic E-state index is 12.6. The molecule has 1 aromatic heterocycles. The van der Waals surface area contributed by atoms with Crippen LogP contribution in [0.2, 0.25) is 0 Å². The molecule has 0 spiro atoms. The lowest BCUT2D eigenvalue weighted by atomic mass is 9.90. The first-order valence-corrected chi connectivity index (χ1v) is 9.96. The van der Waals surface area contributed by atoms with Crippen molar-refractivity contribution in [3.63, 3.8) is 0 Å². The molecule has 0 bridgehead atoms. The number of aromatic nitrogens is 2. The fourth-order valence-corrected chi connectivity index (χ4v) is 3.98. The van der Waals surface area contributed by atoms with Gasteiger partial charge in [-0.25, -0.2) is 4.98 Å². The Hall–Kier alpha value is -2.47. The van der Waals surface area contributed by atoms with Crippen molar-refractivity contribution < 1.29 is 4.79 Å². The van der Waals surface area contributed by atoms with Crippen LogP contribution in [-0.4, -0.2) is 15.5 Å². The normalized spacial score (nSPS) is 13.4. The highest BCUT2D eigenvalue weighted by atomic mass is 79.9. The number of amides is 1. The smallest absolute Gasteiger partial charge is 0.261 e. The third-order valence-electron chi connectivity index (χ3n) is 5.04. The second-order valence-electron chi connectivity index (χ2n) is 6.85. The van der Waals surface area contributed by atoms with E-state index < -0.39 is 0 Å². The van der Waals surface area contributed by atoms with Crippen LogP contribution in [0.1, 0.15) is 30.4 Å². The number of aryl methyl sites for hydroxylation is 2. The van der Waals surface area contributed by atoms with Gasteiger partial charge in [-0.05, 0) is 61.1 Å². The van der Waals surface area contributed by atoms with E-state index in [1.54, 1.807) is 12.1 Å². The molecule has 0 aliphatic heterocycles. The lowest BCUT2D eigenvalue weighted by Crippen LogP contribution is -2.24. The molecule has 1 N–H and O–H groups in total. The van der Waals surface area contributed by atoms with Gasteiger partial charge in [-0.3, -0.25) is 14.2 Å². The summed E-state index contributed by atoms with van der Waals surface area (Å²) in [6, 6.07) is 11.5. The molecule has 5 nitrogen and oxygen atoms in total. The van der Waals surface area contributed by atoms with Crippen LogP contribution < -0.4 is 10.9 Å². The van der Waals surface area contributed by atoms with Crippen LogP contribution >= 0.6 is 15.9 Å². The first kappa shape index (κ1) is 17.9. The van der Waals surface area contributed by atoms with E-state index in [2.05, 4.69) is 32.3 Å². The number of fused-ring (bicyclic) bond motifs is 2. The topological polar surface area (TPSA) is 64.0 Å². The average Bonchev–Trinajstić information content (AvgIpc) is 2.68. The van der Waals surface area contributed by atoms with E-state index in [0.717, 1.165) is 29.4 Å². The standard InChI is InChI=1S/C21H20BrN3O2/c22-15-8-9-18-17(12-15)21(27)25(13-23-18)11-10-20(26)24-19-7-3-5-14-4-1-2-6-16(14)19/h3,5,7-9,12-13H,1-2,4,6,10-11H2,(H,24,26). The number of rotatable bonds is 4. The first-order chi connectivity index (χ1) is 13.1. The molecule has 6 heteroatoms. The van der Waals surface area contributed by atoms with E-state index in [1.165, 1.54) is 28.4 Å². The zero-order valence-corrected chi connectivity index (χ0v) is 16.5. The Morgan fingerprint density at radius 1 is 1.19 bits per heavy atom. The number of nitrogens with zero attached hydrogens (tertiary/aromatic N) is 2. The van der Waals surface area contributed by atoms with Crippen molar-refractivity contribution in [2.75, 3.05) is 5.32 Å². The van der Waals surface area contributed by atoms with Gasteiger partial charge in [-0.1, -0.05) is 28.1 Å². The molecule has 0 radical (unpaired) electrons. The minimum absolute atomic E-state index is 0.0878. The lowest BCUT2D eigenvalue weighted by molar-refractivity contribution is -0.116. The van der Waals surface area contributed by atoms with E-state index in [9.17, 15) is 9.59 Å². The van der Waals surface area contributed by atoms with Gasteiger partial charge in [0, 0.05) is 23.1 Å². The molecule has 0 unspecified atom stereocenters. The molecule has 1 aliphatic carbocycles. The number of carbonyl (C=O) groups is 1. The number of carbonyl (C=O) groups excluding carboxylic acids is 1. The van der Waals surface area contributed by atoms with Crippen molar-refractivity contribution in [1.82, 2.24) is 9.55 Å². The highest BCUT2D eigenvalue weighted by Gasteiger charge is 2.14.